The maximum absolute atomic E-state index is 11.8. The zero-order chi connectivity index (χ0) is 10.1. The van der Waals surface area contributed by atoms with Crippen LogP contribution in [-0.4, -0.2) is 31.5 Å². The highest BCUT2D eigenvalue weighted by atomic mass is 16.5. The van der Waals surface area contributed by atoms with E-state index in [4.69, 9.17) is 4.74 Å². The first-order valence-electron chi connectivity index (χ1n) is 4.65. The van der Waals surface area contributed by atoms with E-state index in [1.54, 1.807) is 12.0 Å². The fourth-order valence-corrected chi connectivity index (χ4v) is 1.78. The number of amides is 1. The Morgan fingerprint density at radius 2 is 2.21 bits per heavy atom. The lowest BCUT2D eigenvalue weighted by molar-refractivity contribution is 0.0777. The van der Waals surface area contributed by atoms with Crippen LogP contribution in [0.5, 0.6) is 5.75 Å². The number of benzene rings is 1. The molecule has 1 aliphatic rings. The van der Waals surface area contributed by atoms with Gasteiger partial charge in [0.25, 0.3) is 5.91 Å². The molecule has 0 atom stereocenters. The Morgan fingerprint density at radius 1 is 1.43 bits per heavy atom. The van der Waals surface area contributed by atoms with Crippen molar-refractivity contribution in [2.75, 3.05) is 20.7 Å². The quantitative estimate of drug-likeness (QED) is 0.670. The summed E-state index contributed by atoms with van der Waals surface area (Å²) in [4.78, 5) is 13.6. The molecule has 0 saturated carbocycles. The lowest BCUT2D eigenvalue weighted by atomic mass is 9.98. The van der Waals surface area contributed by atoms with Gasteiger partial charge in [-0.2, -0.15) is 0 Å². The molecule has 1 amide bonds. The number of likely N-dealkylation sites (N-methyl/N-ethyl adjacent to an activating group) is 1. The van der Waals surface area contributed by atoms with Crippen LogP contribution in [0.1, 0.15) is 15.9 Å². The highest BCUT2D eigenvalue weighted by Crippen LogP contribution is 2.26. The molecule has 1 heterocycles. The molecule has 2 rings (SSSR count). The summed E-state index contributed by atoms with van der Waals surface area (Å²) in [5.74, 6) is 0.739. The molecule has 0 saturated heterocycles. The van der Waals surface area contributed by atoms with Crippen LogP contribution >= 0.6 is 0 Å². The number of carbonyl (C=O) groups excluding carboxylic acids is 1. The molecule has 3 nitrogen and oxygen atoms in total. The molecule has 1 aromatic rings. The van der Waals surface area contributed by atoms with E-state index in [-0.39, 0.29) is 5.91 Å². The Bertz CT molecular complexity index is 359. The molecule has 0 spiro atoms. The van der Waals surface area contributed by atoms with Gasteiger partial charge in [0.05, 0.1) is 12.7 Å². The first kappa shape index (κ1) is 9.06. The van der Waals surface area contributed by atoms with E-state index < -0.39 is 0 Å². The number of rotatable bonds is 1. The third-order valence-electron chi connectivity index (χ3n) is 2.61. The molecule has 74 valence electrons. The van der Waals surface area contributed by atoms with Crippen molar-refractivity contribution in [3.05, 3.63) is 29.3 Å². The normalized spacial score (nSPS) is 15.3. The Hall–Kier alpha value is -1.51. The van der Waals surface area contributed by atoms with Gasteiger partial charge in [-0.05, 0) is 18.1 Å². The number of nitrogens with zero attached hydrogens (tertiary/aromatic N) is 1. The summed E-state index contributed by atoms with van der Waals surface area (Å²) >= 11 is 0. The van der Waals surface area contributed by atoms with Gasteiger partial charge in [0, 0.05) is 13.6 Å². The van der Waals surface area contributed by atoms with Crippen molar-refractivity contribution in [2.45, 2.75) is 6.42 Å². The Morgan fingerprint density at radius 3 is 2.93 bits per heavy atom. The monoisotopic (exact) mass is 191 g/mol. The van der Waals surface area contributed by atoms with E-state index >= 15 is 0 Å². The fraction of sp³-hybridized carbons (Fsp3) is 0.364. The van der Waals surface area contributed by atoms with Crippen molar-refractivity contribution in [3.63, 3.8) is 0 Å². The van der Waals surface area contributed by atoms with Crippen LogP contribution in [-0.2, 0) is 6.42 Å². The lowest BCUT2D eigenvalue weighted by Crippen LogP contribution is -2.34. The van der Waals surface area contributed by atoms with Gasteiger partial charge in [-0.1, -0.05) is 12.1 Å². The van der Waals surface area contributed by atoms with Crippen LogP contribution in [0.3, 0.4) is 0 Å². The van der Waals surface area contributed by atoms with Crippen molar-refractivity contribution in [1.82, 2.24) is 4.90 Å². The average molecular weight is 191 g/mol. The van der Waals surface area contributed by atoms with Gasteiger partial charge in [-0.25, -0.2) is 0 Å². The van der Waals surface area contributed by atoms with Gasteiger partial charge < -0.3 is 9.64 Å². The minimum Gasteiger partial charge on any atom is -0.496 e. The predicted octanol–water partition coefficient (Wildman–Crippen LogP) is 1.32. The third-order valence-corrected chi connectivity index (χ3v) is 2.61. The second-order valence-corrected chi connectivity index (χ2v) is 3.47. The van der Waals surface area contributed by atoms with E-state index in [1.165, 1.54) is 0 Å². The van der Waals surface area contributed by atoms with Gasteiger partial charge >= 0.3 is 0 Å². The van der Waals surface area contributed by atoms with Gasteiger partial charge in [0.15, 0.2) is 0 Å². The molecule has 14 heavy (non-hydrogen) atoms. The number of methoxy groups -OCH3 is 1. The zero-order valence-corrected chi connectivity index (χ0v) is 8.41. The number of hydrogen-bond donors (Lipinski definition) is 0. The summed E-state index contributed by atoms with van der Waals surface area (Å²) in [6.07, 6.45) is 0.911. The molecule has 0 radical (unpaired) electrons. The second kappa shape index (κ2) is 3.33. The maximum Gasteiger partial charge on any atom is 0.257 e. The van der Waals surface area contributed by atoms with Gasteiger partial charge in [-0.3, -0.25) is 4.79 Å². The first-order valence-corrected chi connectivity index (χ1v) is 4.65. The highest BCUT2D eigenvalue weighted by Gasteiger charge is 2.24. The Labute approximate surface area is 83.3 Å². The molecule has 0 aliphatic carbocycles. The van der Waals surface area contributed by atoms with Crippen LogP contribution in [0.15, 0.2) is 18.2 Å². The molecule has 0 N–H and O–H groups in total. The SMILES string of the molecule is COc1cccc2c1C(=O)N(C)CC2. The summed E-state index contributed by atoms with van der Waals surface area (Å²) in [5.41, 5.74) is 1.82. The minimum atomic E-state index is 0.0590. The molecule has 0 aromatic heterocycles. The minimum absolute atomic E-state index is 0.0590. The van der Waals surface area contributed by atoms with Gasteiger partial charge in [0.2, 0.25) is 0 Å². The van der Waals surface area contributed by atoms with E-state index in [2.05, 4.69) is 0 Å². The predicted molar refractivity (Wildman–Crippen MR) is 53.7 cm³/mol. The highest BCUT2D eigenvalue weighted by molar-refractivity contribution is 5.99. The summed E-state index contributed by atoms with van der Waals surface area (Å²) in [7, 11) is 3.41. The number of hydrogen-bond acceptors (Lipinski definition) is 2. The zero-order valence-electron chi connectivity index (χ0n) is 8.41. The van der Waals surface area contributed by atoms with Crippen LogP contribution < -0.4 is 4.74 Å². The first-order chi connectivity index (χ1) is 6.74. The molecule has 1 aliphatic heterocycles. The van der Waals surface area contributed by atoms with E-state index in [0.29, 0.717) is 5.75 Å². The van der Waals surface area contributed by atoms with Crippen LogP contribution in [0.4, 0.5) is 0 Å². The molecule has 0 fully saturated rings. The van der Waals surface area contributed by atoms with E-state index in [1.807, 2.05) is 25.2 Å². The Kier molecular flexibility index (Phi) is 2.15. The van der Waals surface area contributed by atoms with Crippen molar-refractivity contribution >= 4 is 5.91 Å². The number of carbonyl (C=O) groups is 1. The topological polar surface area (TPSA) is 29.5 Å². The molecular weight excluding hydrogens is 178 g/mol. The molecule has 1 aromatic carbocycles. The van der Waals surface area contributed by atoms with Gasteiger partial charge in [-0.15, -0.1) is 0 Å². The van der Waals surface area contributed by atoms with Crippen LogP contribution in [0.2, 0.25) is 0 Å². The van der Waals surface area contributed by atoms with Crippen molar-refractivity contribution in [1.29, 1.82) is 0 Å². The van der Waals surface area contributed by atoms with Crippen LogP contribution in [0, 0.1) is 0 Å². The fourth-order valence-electron chi connectivity index (χ4n) is 1.78. The number of ether oxygens (including phenoxy) is 1. The van der Waals surface area contributed by atoms with Crippen molar-refractivity contribution in [3.8, 4) is 5.75 Å². The van der Waals surface area contributed by atoms with Crippen molar-refractivity contribution in [2.24, 2.45) is 0 Å². The third kappa shape index (κ3) is 1.25. The lowest BCUT2D eigenvalue weighted by Gasteiger charge is -2.25. The van der Waals surface area contributed by atoms with Crippen LogP contribution in [0.25, 0.3) is 0 Å². The molecular formula is C11H13NO2. The van der Waals surface area contributed by atoms with E-state index in [0.717, 1.165) is 24.1 Å². The molecule has 0 unspecified atom stereocenters. The summed E-state index contributed by atoms with van der Waals surface area (Å²) < 4.78 is 5.18. The average Bonchev–Trinajstić information content (AvgIpc) is 2.23. The summed E-state index contributed by atoms with van der Waals surface area (Å²) in [6.45, 7) is 0.791. The smallest absolute Gasteiger partial charge is 0.257 e. The summed E-state index contributed by atoms with van der Waals surface area (Å²) in [6, 6.07) is 5.74. The second-order valence-electron chi connectivity index (χ2n) is 3.47. The largest absolute Gasteiger partial charge is 0.496 e. The Balaban J connectivity index is 2.55. The standard InChI is InChI=1S/C11H13NO2/c1-12-7-6-8-4-3-5-9(14-2)10(8)11(12)13/h3-5H,6-7H2,1-2H3. The maximum atomic E-state index is 11.8. The molecule has 0 bridgehead atoms. The summed E-state index contributed by atoms with van der Waals surface area (Å²) in [5, 5.41) is 0. The molecule has 3 heteroatoms. The number of fused-ring (bicyclic) bond motifs is 1. The van der Waals surface area contributed by atoms with E-state index in [9.17, 15) is 4.79 Å². The van der Waals surface area contributed by atoms with Gasteiger partial charge in [0.1, 0.15) is 5.75 Å². The van der Waals surface area contributed by atoms with Crippen molar-refractivity contribution < 1.29 is 9.53 Å².